The first kappa shape index (κ1) is 14.8. The molecule has 4 nitrogen and oxygen atoms in total. The van der Waals surface area contributed by atoms with E-state index in [-0.39, 0.29) is 0 Å². The Labute approximate surface area is 132 Å². The average molecular weight is 312 g/mol. The fourth-order valence-corrected chi connectivity index (χ4v) is 6.59. The van der Waals surface area contributed by atoms with Crippen LogP contribution in [0.5, 0.6) is 0 Å². The van der Waals surface area contributed by atoms with Crippen LogP contribution in [0.3, 0.4) is 0 Å². The molecule has 2 bridgehead atoms. The predicted molar refractivity (Wildman–Crippen MR) is 86.0 cm³/mol. The van der Waals surface area contributed by atoms with E-state index in [1.807, 2.05) is 0 Å². The molecule has 0 radical (unpaired) electrons. The van der Waals surface area contributed by atoms with Crippen molar-refractivity contribution in [2.75, 3.05) is 52.6 Å². The molecule has 0 aliphatic carbocycles. The highest BCUT2D eigenvalue weighted by atomic mass is 32.2. The minimum absolute atomic E-state index is 0.820. The zero-order valence-corrected chi connectivity index (χ0v) is 13.7. The molecule has 0 aromatic heterocycles. The van der Waals surface area contributed by atoms with Gasteiger partial charge in [0.05, 0.1) is 26.4 Å². The Morgan fingerprint density at radius 3 is 1.48 bits per heavy atom. The van der Waals surface area contributed by atoms with E-state index in [0.717, 1.165) is 75.2 Å². The van der Waals surface area contributed by atoms with Crippen LogP contribution in [0, 0.1) is 0 Å². The van der Waals surface area contributed by atoms with Gasteiger partial charge in [-0.1, -0.05) is 0 Å². The number of rotatable bonds is 2. The Morgan fingerprint density at radius 1 is 0.619 bits per heavy atom. The molecule has 0 aromatic carbocycles. The lowest BCUT2D eigenvalue weighted by molar-refractivity contribution is -0.00254. The van der Waals surface area contributed by atoms with Gasteiger partial charge in [0.1, 0.15) is 0 Å². The molecule has 4 atom stereocenters. The number of thioether (sulfide) groups is 1. The fraction of sp³-hybridized carbons (Fsp3) is 1.00. The molecule has 0 aromatic rings. The highest BCUT2D eigenvalue weighted by Gasteiger charge is 2.43. The van der Waals surface area contributed by atoms with Crippen LogP contribution >= 0.6 is 11.8 Å². The average Bonchev–Trinajstić information content (AvgIpc) is 2.57. The van der Waals surface area contributed by atoms with E-state index in [1.54, 1.807) is 0 Å². The molecule has 4 aliphatic rings. The van der Waals surface area contributed by atoms with Crippen LogP contribution < -0.4 is 0 Å². The molecule has 4 fully saturated rings. The van der Waals surface area contributed by atoms with Crippen molar-refractivity contribution >= 4 is 11.8 Å². The van der Waals surface area contributed by atoms with Crippen LogP contribution in [0.25, 0.3) is 0 Å². The molecule has 120 valence electrons. The van der Waals surface area contributed by atoms with E-state index in [0.29, 0.717) is 0 Å². The summed E-state index contributed by atoms with van der Waals surface area (Å²) < 4.78 is 11.0. The van der Waals surface area contributed by atoms with Crippen LogP contribution in [-0.4, -0.2) is 85.0 Å². The molecule has 5 heteroatoms. The summed E-state index contributed by atoms with van der Waals surface area (Å²) in [6, 6.07) is 1.64. The standard InChI is InChI=1S/C16H28N2O2S/c1-3-15-14(18-7-11-20-12-8-18)2-4-16(21-15)13(1)17-5-9-19-10-6-17/h13-16H,1-12H2/t13-,14-,15-,16-/m1/s1. The molecule has 4 heterocycles. The second kappa shape index (κ2) is 6.75. The van der Waals surface area contributed by atoms with Gasteiger partial charge in [-0.15, -0.1) is 0 Å². The molecule has 0 amide bonds. The largest absolute Gasteiger partial charge is 0.379 e. The van der Waals surface area contributed by atoms with Gasteiger partial charge in [0.15, 0.2) is 0 Å². The van der Waals surface area contributed by atoms with Crippen molar-refractivity contribution < 1.29 is 9.47 Å². The van der Waals surface area contributed by atoms with Crippen molar-refractivity contribution in [3.63, 3.8) is 0 Å². The SMILES string of the molecule is C1CN([C@@H]2CC[C@H]3S[C@@H]2CC[C@H]3N2CCOCC2)CCO1. The maximum absolute atomic E-state index is 5.52. The Balaban J connectivity index is 1.37. The third kappa shape index (κ3) is 3.13. The van der Waals surface area contributed by atoms with Gasteiger partial charge >= 0.3 is 0 Å². The minimum Gasteiger partial charge on any atom is -0.379 e. The van der Waals surface area contributed by atoms with Crippen molar-refractivity contribution in [2.24, 2.45) is 0 Å². The van der Waals surface area contributed by atoms with Crippen molar-refractivity contribution in [1.29, 1.82) is 0 Å². The highest BCUT2D eigenvalue weighted by Crippen LogP contribution is 2.45. The first-order chi connectivity index (χ1) is 10.4. The van der Waals surface area contributed by atoms with E-state index in [2.05, 4.69) is 21.6 Å². The lowest BCUT2D eigenvalue weighted by Crippen LogP contribution is -2.57. The second-order valence-corrected chi connectivity index (χ2v) is 8.28. The number of nitrogens with zero attached hydrogens (tertiary/aromatic N) is 2. The molecule has 4 saturated heterocycles. The molecule has 0 N–H and O–H groups in total. The van der Waals surface area contributed by atoms with Crippen molar-refractivity contribution in [1.82, 2.24) is 9.80 Å². The smallest absolute Gasteiger partial charge is 0.0594 e. The molecule has 4 rings (SSSR count). The van der Waals surface area contributed by atoms with Crippen molar-refractivity contribution in [3.05, 3.63) is 0 Å². The van der Waals surface area contributed by atoms with Gasteiger partial charge in [0, 0.05) is 48.8 Å². The lowest BCUT2D eigenvalue weighted by atomic mass is 9.89. The van der Waals surface area contributed by atoms with Gasteiger partial charge in [0.2, 0.25) is 0 Å². The summed E-state index contributed by atoms with van der Waals surface area (Å²) >= 11 is 2.31. The first-order valence-corrected chi connectivity index (χ1v) is 9.65. The Kier molecular flexibility index (Phi) is 4.74. The van der Waals surface area contributed by atoms with E-state index >= 15 is 0 Å². The van der Waals surface area contributed by atoms with Crippen LogP contribution in [0.1, 0.15) is 25.7 Å². The van der Waals surface area contributed by atoms with Gasteiger partial charge in [-0.25, -0.2) is 0 Å². The van der Waals surface area contributed by atoms with E-state index in [4.69, 9.17) is 9.47 Å². The highest BCUT2D eigenvalue weighted by molar-refractivity contribution is 8.00. The van der Waals surface area contributed by atoms with Crippen LogP contribution in [0.15, 0.2) is 0 Å². The second-order valence-electron chi connectivity index (χ2n) is 6.80. The number of fused-ring (bicyclic) bond motifs is 2. The number of ether oxygens (including phenoxy) is 2. The van der Waals surface area contributed by atoms with Gasteiger partial charge in [-0.05, 0) is 25.7 Å². The normalized spacial score (nSPS) is 42.9. The summed E-state index contributed by atoms with van der Waals surface area (Å²) in [5.74, 6) is 0. The lowest BCUT2D eigenvalue weighted by Gasteiger charge is -2.51. The zero-order chi connectivity index (χ0) is 14.1. The van der Waals surface area contributed by atoms with Gasteiger partial charge in [0.25, 0.3) is 0 Å². The zero-order valence-electron chi connectivity index (χ0n) is 12.9. The predicted octanol–water partition coefficient (Wildman–Crippen LogP) is 1.45. The molecule has 21 heavy (non-hydrogen) atoms. The summed E-state index contributed by atoms with van der Waals surface area (Å²) in [5, 5.41) is 1.75. The molecule has 0 spiro atoms. The maximum atomic E-state index is 5.52. The number of hydrogen-bond acceptors (Lipinski definition) is 5. The Bertz CT molecular complexity index is 313. The van der Waals surface area contributed by atoms with Crippen LogP contribution in [0.4, 0.5) is 0 Å². The summed E-state index contributed by atoms with van der Waals surface area (Å²) in [6.45, 7) is 8.36. The van der Waals surface area contributed by atoms with Crippen LogP contribution in [0.2, 0.25) is 0 Å². The summed E-state index contributed by atoms with van der Waals surface area (Å²) in [6.07, 6.45) is 5.63. The summed E-state index contributed by atoms with van der Waals surface area (Å²) in [4.78, 5) is 5.43. The van der Waals surface area contributed by atoms with E-state index in [9.17, 15) is 0 Å². The van der Waals surface area contributed by atoms with E-state index < -0.39 is 0 Å². The summed E-state index contributed by atoms with van der Waals surface area (Å²) in [5.41, 5.74) is 0. The van der Waals surface area contributed by atoms with Crippen LogP contribution in [-0.2, 0) is 9.47 Å². The number of morpholine rings is 2. The Morgan fingerprint density at radius 2 is 1.05 bits per heavy atom. The maximum Gasteiger partial charge on any atom is 0.0594 e. The molecule has 4 aliphatic heterocycles. The topological polar surface area (TPSA) is 24.9 Å². The molecule has 0 saturated carbocycles. The van der Waals surface area contributed by atoms with Gasteiger partial charge in [-0.2, -0.15) is 11.8 Å². The summed E-state index contributed by atoms with van der Waals surface area (Å²) in [7, 11) is 0. The third-order valence-electron chi connectivity index (χ3n) is 5.73. The number of hydrogen-bond donors (Lipinski definition) is 0. The third-order valence-corrected chi connectivity index (χ3v) is 7.53. The quantitative estimate of drug-likeness (QED) is 0.768. The molecular weight excluding hydrogens is 284 g/mol. The monoisotopic (exact) mass is 312 g/mol. The van der Waals surface area contributed by atoms with Crippen molar-refractivity contribution in [3.8, 4) is 0 Å². The first-order valence-electron chi connectivity index (χ1n) is 8.71. The Hall–Kier alpha value is 0.190. The fourth-order valence-electron chi connectivity index (χ4n) is 4.62. The van der Waals surface area contributed by atoms with E-state index in [1.165, 1.54) is 25.7 Å². The van der Waals surface area contributed by atoms with Gasteiger partial charge in [-0.3, -0.25) is 9.80 Å². The minimum atomic E-state index is 0.820. The van der Waals surface area contributed by atoms with Gasteiger partial charge < -0.3 is 9.47 Å². The molecule has 0 unspecified atom stereocenters. The van der Waals surface area contributed by atoms with Crippen molar-refractivity contribution in [2.45, 2.75) is 48.3 Å². The molecular formula is C16H28N2O2S.